The molecule has 1 fully saturated rings. The standard InChI is InChI=1S/C20H33ClN4O3S/c1-12(2)17-8-16(21)9-18(13(3)4)19(17)22-20(26)23-29(27,28)25-10-14(5)24(7)15(6)11-25/h8-9,12-15H,10-11H2,1-7H3,(H2,22,23,26). The van der Waals surface area contributed by atoms with Crippen molar-refractivity contribution in [1.82, 2.24) is 13.9 Å². The summed E-state index contributed by atoms with van der Waals surface area (Å²) in [6.45, 7) is 12.6. The summed E-state index contributed by atoms with van der Waals surface area (Å²) in [4.78, 5) is 14.8. The van der Waals surface area contributed by atoms with Crippen molar-refractivity contribution >= 4 is 33.5 Å². The van der Waals surface area contributed by atoms with Gasteiger partial charge in [0, 0.05) is 35.9 Å². The number of piperazine rings is 1. The molecule has 0 aliphatic carbocycles. The first-order chi connectivity index (χ1) is 13.3. The molecule has 1 aromatic rings. The van der Waals surface area contributed by atoms with Gasteiger partial charge in [-0.25, -0.2) is 9.52 Å². The molecular formula is C20H33ClN4O3S. The largest absolute Gasteiger partial charge is 0.333 e. The van der Waals surface area contributed by atoms with E-state index in [2.05, 4.69) is 14.9 Å². The van der Waals surface area contributed by atoms with Crippen molar-refractivity contribution in [1.29, 1.82) is 0 Å². The summed E-state index contributed by atoms with van der Waals surface area (Å²) in [5, 5.41) is 3.36. The molecule has 2 unspecified atom stereocenters. The first-order valence-electron chi connectivity index (χ1n) is 9.97. The van der Waals surface area contributed by atoms with Crippen molar-refractivity contribution in [2.45, 2.75) is 65.5 Å². The topological polar surface area (TPSA) is 81.8 Å². The SMILES string of the molecule is CC(C)c1cc(Cl)cc(C(C)C)c1NC(=O)NS(=O)(=O)N1CC(C)N(C)C(C)C1. The lowest BCUT2D eigenvalue weighted by Gasteiger charge is -2.41. The number of urea groups is 1. The average Bonchev–Trinajstić information content (AvgIpc) is 2.59. The Kier molecular flexibility index (Phi) is 7.59. The summed E-state index contributed by atoms with van der Waals surface area (Å²) in [5.41, 5.74) is 2.36. The Balaban J connectivity index is 2.25. The third-order valence-corrected chi connectivity index (χ3v) is 7.17. The Morgan fingerprint density at radius 1 is 1.07 bits per heavy atom. The highest BCUT2D eigenvalue weighted by molar-refractivity contribution is 7.87. The molecule has 0 radical (unpaired) electrons. The number of hydrogen-bond acceptors (Lipinski definition) is 4. The van der Waals surface area contributed by atoms with E-state index in [1.54, 1.807) is 0 Å². The van der Waals surface area contributed by atoms with Crippen LogP contribution in [0.3, 0.4) is 0 Å². The van der Waals surface area contributed by atoms with E-state index in [0.29, 0.717) is 23.8 Å². The van der Waals surface area contributed by atoms with Gasteiger partial charge in [0.05, 0.1) is 0 Å². The summed E-state index contributed by atoms with van der Waals surface area (Å²) < 4.78 is 29.1. The van der Waals surface area contributed by atoms with Crippen LogP contribution in [0.5, 0.6) is 0 Å². The number of nitrogens with zero attached hydrogens (tertiary/aromatic N) is 2. The van der Waals surface area contributed by atoms with Crippen molar-refractivity contribution < 1.29 is 13.2 Å². The van der Waals surface area contributed by atoms with E-state index in [4.69, 9.17) is 11.6 Å². The van der Waals surface area contributed by atoms with Gasteiger partial charge in [-0.15, -0.1) is 0 Å². The van der Waals surface area contributed by atoms with Gasteiger partial charge >= 0.3 is 16.2 Å². The zero-order valence-electron chi connectivity index (χ0n) is 18.3. The predicted octanol–water partition coefficient (Wildman–Crippen LogP) is 3.98. The quantitative estimate of drug-likeness (QED) is 0.719. The van der Waals surface area contributed by atoms with Crippen LogP contribution in [0.2, 0.25) is 5.02 Å². The number of likely N-dealkylation sites (N-methyl/N-ethyl adjacent to an activating group) is 1. The fraction of sp³-hybridized carbons (Fsp3) is 0.650. The maximum absolute atomic E-state index is 12.8. The van der Waals surface area contributed by atoms with Crippen LogP contribution in [-0.2, 0) is 10.2 Å². The normalized spacial score (nSPS) is 21.6. The number of halogens is 1. The number of anilines is 1. The molecule has 9 heteroatoms. The Bertz CT molecular complexity index is 816. The van der Waals surface area contributed by atoms with Crippen molar-refractivity contribution in [2.24, 2.45) is 0 Å². The highest BCUT2D eigenvalue weighted by atomic mass is 35.5. The number of carbonyl (C=O) groups excluding carboxylic acids is 1. The molecule has 1 aliphatic heterocycles. The first-order valence-corrected chi connectivity index (χ1v) is 11.8. The van der Waals surface area contributed by atoms with Crippen molar-refractivity contribution in [3.05, 3.63) is 28.3 Å². The van der Waals surface area contributed by atoms with Gasteiger partial charge in [0.1, 0.15) is 0 Å². The summed E-state index contributed by atoms with van der Waals surface area (Å²) in [7, 11) is -1.97. The maximum atomic E-state index is 12.8. The molecule has 1 aliphatic rings. The molecule has 2 N–H and O–H groups in total. The highest BCUT2D eigenvalue weighted by Gasteiger charge is 2.34. The van der Waals surface area contributed by atoms with Crippen LogP contribution < -0.4 is 10.0 Å². The van der Waals surface area contributed by atoms with Crippen LogP contribution in [0.4, 0.5) is 10.5 Å². The summed E-state index contributed by atoms with van der Waals surface area (Å²) in [5.74, 6) is 0.217. The van der Waals surface area contributed by atoms with Crippen LogP contribution in [-0.4, -0.2) is 55.9 Å². The molecule has 0 saturated carbocycles. The molecule has 1 aromatic carbocycles. The first kappa shape index (κ1) is 23.9. The molecule has 7 nitrogen and oxygen atoms in total. The van der Waals surface area contributed by atoms with Crippen LogP contribution in [0.25, 0.3) is 0 Å². The van der Waals surface area contributed by atoms with Gasteiger partial charge < -0.3 is 5.32 Å². The van der Waals surface area contributed by atoms with Crippen molar-refractivity contribution in [3.8, 4) is 0 Å². The Morgan fingerprint density at radius 3 is 1.93 bits per heavy atom. The third-order valence-electron chi connectivity index (χ3n) is 5.53. The lowest BCUT2D eigenvalue weighted by atomic mass is 9.92. The van der Waals surface area contributed by atoms with Gasteiger partial charge in [-0.05, 0) is 56.0 Å². The highest BCUT2D eigenvalue weighted by Crippen LogP contribution is 2.35. The Hall–Kier alpha value is -1.35. The second kappa shape index (κ2) is 9.20. The third kappa shape index (κ3) is 5.63. The number of hydrogen-bond donors (Lipinski definition) is 2. The zero-order valence-corrected chi connectivity index (χ0v) is 19.9. The zero-order chi connectivity index (χ0) is 22.1. The number of amides is 2. The van der Waals surface area contributed by atoms with Gasteiger partial charge in [-0.2, -0.15) is 12.7 Å². The van der Waals surface area contributed by atoms with Crippen LogP contribution in [0, 0.1) is 0 Å². The number of nitrogens with one attached hydrogen (secondary N) is 2. The minimum atomic E-state index is -3.95. The van der Waals surface area contributed by atoms with Crippen molar-refractivity contribution in [2.75, 3.05) is 25.5 Å². The molecule has 29 heavy (non-hydrogen) atoms. The monoisotopic (exact) mass is 444 g/mol. The van der Waals surface area contributed by atoms with E-state index >= 15 is 0 Å². The molecule has 0 spiro atoms. The Labute approximate surface area is 180 Å². The fourth-order valence-corrected chi connectivity index (χ4v) is 5.05. The second-order valence-electron chi connectivity index (χ2n) is 8.51. The molecule has 0 aromatic heterocycles. The number of benzene rings is 1. The minimum absolute atomic E-state index is 0.0646. The molecule has 0 bridgehead atoms. The van der Waals surface area contributed by atoms with E-state index in [1.807, 2.05) is 60.7 Å². The molecule has 164 valence electrons. The lowest BCUT2D eigenvalue weighted by Crippen LogP contribution is -2.59. The van der Waals surface area contributed by atoms with Gasteiger partial charge in [0.25, 0.3) is 0 Å². The Morgan fingerprint density at radius 2 is 1.52 bits per heavy atom. The fourth-order valence-electron chi connectivity index (χ4n) is 3.58. The van der Waals surface area contributed by atoms with Crippen molar-refractivity contribution in [3.63, 3.8) is 0 Å². The molecule has 2 amide bonds. The van der Waals surface area contributed by atoms with E-state index < -0.39 is 16.2 Å². The molecule has 1 heterocycles. The van der Waals surface area contributed by atoms with Gasteiger partial charge in [0.15, 0.2) is 0 Å². The number of rotatable bonds is 5. The smallest absolute Gasteiger partial charge is 0.307 e. The summed E-state index contributed by atoms with van der Waals surface area (Å²) in [6, 6.07) is 2.98. The predicted molar refractivity (Wildman–Crippen MR) is 119 cm³/mol. The minimum Gasteiger partial charge on any atom is -0.307 e. The van der Waals surface area contributed by atoms with E-state index in [-0.39, 0.29) is 23.9 Å². The van der Waals surface area contributed by atoms with Gasteiger partial charge in [-0.1, -0.05) is 39.3 Å². The van der Waals surface area contributed by atoms with Crippen LogP contribution >= 0.6 is 11.6 Å². The number of carbonyl (C=O) groups is 1. The molecular weight excluding hydrogens is 412 g/mol. The van der Waals surface area contributed by atoms with Gasteiger partial charge in [-0.3, -0.25) is 4.90 Å². The van der Waals surface area contributed by atoms with E-state index in [1.165, 1.54) is 4.31 Å². The molecule has 2 rings (SSSR count). The summed E-state index contributed by atoms with van der Waals surface area (Å²) in [6.07, 6.45) is 0. The van der Waals surface area contributed by atoms with E-state index in [0.717, 1.165) is 11.1 Å². The van der Waals surface area contributed by atoms with Gasteiger partial charge in [0.2, 0.25) is 0 Å². The average molecular weight is 445 g/mol. The molecule has 1 saturated heterocycles. The molecule has 2 atom stereocenters. The van der Waals surface area contributed by atoms with Crippen LogP contribution in [0.15, 0.2) is 12.1 Å². The summed E-state index contributed by atoms with van der Waals surface area (Å²) >= 11 is 6.26. The van der Waals surface area contributed by atoms with E-state index in [9.17, 15) is 13.2 Å². The lowest BCUT2D eigenvalue weighted by molar-refractivity contribution is 0.104. The second-order valence-corrected chi connectivity index (χ2v) is 10.6. The van der Waals surface area contributed by atoms with Crippen LogP contribution in [0.1, 0.15) is 64.5 Å². The maximum Gasteiger partial charge on any atom is 0.333 e.